The number of aromatic nitrogens is 2. The summed E-state index contributed by atoms with van der Waals surface area (Å²) in [5, 5.41) is 11.8. The molecule has 0 aliphatic carbocycles. The van der Waals surface area contributed by atoms with Crippen LogP contribution >= 0.6 is 0 Å². The molecule has 0 aliphatic heterocycles. The molecule has 1 aromatic heterocycles. The zero-order chi connectivity index (χ0) is 23.2. The molecule has 1 N–H and O–H groups in total. The van der Waals surface area contributed by atoms with E-state index in [0.717, 1.165) is 16.5 Å². The third-order valence-electron chi connectivity index (χ3n) is 5.05. The maximum Gasteiger partial charge on any atom is 0.155 e. The number of fused-ring (bicyclic) bond motifs is 3. The van der Waals surface area contributed by atoms with Crippen LogP contribution in [0.1, 0.15) is 13.8 Å². The summed E-state index contributed by atoms with van der Waals surface area (Å²) >= 11 is 0. The molecule has 0 spiro atoms. The van der Waals surface area contributed by atoms with E-state index in [2.05, 4.69) is 65.6 Å². The molecule has 0 amide bonds. The Labute approximate surface area is 212 Å². The summed E-state index contributed by atoms with van der Waals surface area (Å²) < 4.78 is 0. The van der Waals surface area contributed by atoms with Crippen LogP contribution in [0.4, 0.5) is 0 Å². The van der Waals surface area contributed by atoms with E-state index in [0.29, 0.717) is 5.82 Å². The van der Waals surface area contributed by atoms with E-state index in [9.17, 15) is 4.79 Å². The van der Waals surface area contributed by atoms with Gasteiger partial charge in [0, 0.05) is 37.8 Å². The number of aliphatic hydroxyl groups is 1. The van der Waals surface area contributed by atoms with Crippen LogP contribution in [0.15, 0.2) is 103 Å². The van der Waals surface area contributed by atoms with E-state index in [1.54, 1.807) is 0 Å². The van der Waals surface area contributed by atoms with Gasteiger partial charge in [-0.3, -0.25) is 14.8 Å². The Bertz CT molecular complexity index is 1450. The molecule has 34 heavy (non-hydrogen) atoms. The molecule has 171 valence electrons. The molecule has 1 radical (unpaired) electrons. The van der Waals surface area contributed by atoms with E-state index in [-0.39, 0.29) is 31.6 Å². The predicted octanol–water partition coefficient (Wildman–Crippen LogP) is 6.95. The van der Waals surface area contributed by atoms with Crippen molar-refractivity contribution in [2.24, 2.45) is 0 Å². The Balaban J connectivity index is 0.000000357. The third-order valence-corrected chi connectivity index (χ3v) is 5.05. The molecule has 0 bridgehead atoms. The molecule has 0 saturated carbocycles. The van der Waals surface area contributed by atoms with E-state index >= 15 is 0 Å². The van der Waals surface area contributed by atoms with Gasteiger partial charge in [-0.25, -0.2) is 0 Å². The van der Waals surface area contributed by atoms with Gasteiger partial charge in [-0.15, -0.1) is 35.9 Å². The second kappa shape index (κ2) is 11.5. The van der Waals surface area contributed by atoms with Gasteiger partial charge < -0.3 is 5.11 Å². The fraction of sp³-hybridized carbons (Fsp3) is 0.0690. The van der Waals surface area contributed by atoms with Gasteiger partial charge in [0.25, 0.3) is 0 Å². The number of benzene rings is 4. The Morgan fingerprint density at radius 2 is 1.56 bits per heavy atom. The van der Waals surface area contributed by atoms with E-state index in [1.807, 2.05) is 36.5 Å². The summed E-state index contributed by atoms with van der Waals surface area (Å²) in [6, 6.07) is 32.1. The van der Waals surface area contributed by atoms with Crippen molar-refractivity contribution in [2.75, 3.05) is 0 Å². The number of carbonyl (C=O) groups excluding carboxylic acids is 1. The van der Waals surface area contributed by atoms with Crippen LogP contribution in [0, 0.1) is 6.07 Å². The summed E-state index contributed by atoms with van der Waals surface area (Å²) in [6.45, 7) is 2.85. The second-order valence-electron chi connectivity index (χ2n) is 7.63. The standard InChI is InChI=1S/C24H15N2.C5H8O2.Ir/c1-3-9-17(10-4-1)21-15-23-22(20-14-8-7-13-19(20)21)16-25-24(26-23)18-11-5-2-6-12-18;1-4(6)3-5(2)7;/h1-11,13-16H;3,6H,1-2H3;/q-1;;/b;4-3-;. The largest absolute Gasteiger partial charge is 0.512 e. The van der Waals surface area contributed by atoms with Crippen molar-refractivity contribution in [3.8, 4) is 22.5 Å². The Hall–Kier alpha value is -3.66. The molecule has 0 saturated heterocycles. The number of nitrogens with zero attached hydrogens (tertiary/aromatic N) is 2. The van der Waals surface area contributed by atoms with Crippen LogP contribution in [-0.2, 0) is 24.9 Å². The summed E-state index contributed by atoms with van der Waals surface area (Å²) in [5.41, 5.74) is 4.24. The number of ketones is 1. The van der Waals surface area contributed by atoms with Gasteiger partial charge in [0.2, 0.25) is 0 Å². The van der Waals surface area contributed by atoms with Crippen LogP contribution in [0.25, 0.3) is 44.2 Å². The van der Waals surface area contributed by atoms with Crippen LogP contribution in [-0.4, -0.2) is 20.9 Å². The number of rotatable bonds is 3. The molecule has 0 atom stereocenters. The molecule has 5 rings (SSSR count). The van der Waals surface area contributed by atoms with Crippen molar-refractivity contribution in [1.29, 1.82) is 0 Å². The monoisotopic (exact) mass is 624 g/mol. The quantitative estimate of drug-likeness (QED) is 0.102. The first-order valence-electron chi connectivity index (χ1n) is 10.6. The summed E-state index contributed by atoms with van der Waals surface area (Å²) in [5.74, 6) is 0.639. The molecule has 0 fully saturated rings. The Morgan fingerprint density at radius 3 is 2.18 bits per heavy atom. The number of allylic oxidation sites excluding steroid dienone is 2. The maximum absolute atomic E-state index is 10.0. The van der Waals surface area contributed by atoms with Crippen molar-refractivity contribution in [3.63, 3.8) is 0 Å². The minimum absolute atomic E-state index is 0. The summed E-state index contributed by atoms with van der Waals surface area (Å²) in [6.07, 6.45) is 3.09. The SMILES string of the molecule is CC(=O)/C=C(/C)O.[Ir].[c-]1ccccc1-c1ncc2c(cc(-c3ccccc3)c3ccccc32)n1. The van der Waals surface area contributed by atoms with Gasteiger partial charge in [-0.2, -0.15) is 0 Å². The molecular weight excluding hydrogens is 601 g/mol. The molecule has 0 aliphatic rings. The molecule has 1 heterocycles. The minimum atomic E-state index is -0.125. The summed E-state index contributed by atoms with van der Waals surface area (Å²) in [4.78, 5) is 19.4. The van der Waals surface area contributed by atoms with Gasteiger partial charge >= 0.3 is 0 Å². The minimum Gasteiger partial charge on any atom is -0.512 e. The Morgan fingerprint density at radius 1 is 0.882 bits per heavy atom. The fourth-order valence-electron chi connectivity index (χ4n) is 3.69. The number of aliphatic hydroxyl groups excluding tert-OH is 1. The van der Waals surface area contributed by atoms with Crippen molar-refractivity contribution >= 4 is 27.5 Å². The van der Waals surface area contributed by atoms with Crippen LogP contribution in [0.5, 0.6) is 0 Å². The normalized spacial score (nSPS) is 10.8. The molecule has 5 heteroatoms. The molecule has 0 unspecified atom stereocenters. The van der Waals surface area contributed by atoms with Gasteiger partial charge in [-0.05, 0) is 41.8 Å². The van der Waals surface area contributed by atoms with Gasteiger partial charge in [0.15, 0.2) is 5.78 Å². The molecule has 4 aromatic carbocycles. The zero-order valence-electron chi connectivity index (χ0n) is 18.8. The van der Waals surface area contributed by atoms with Gasteiger partial charge in [0.1, 0.15) is 0 Å². The van der Waals surface area contributed by atoms with Crippen LogP contribution in [0.2, 0.25) is 0 Å². The maximum atomic E-state index is 10.0. The van der Waals surface area contributed by atoms with Crippen molar-refractivity contribution in [2.45, 2.75) is 13.8 Å². The van der Waals surface area contributed by atoms with Crippen molar-refractivity contribution in [1.82, 2.24) is 9.97 Å². The van der Waals surface area contributed by atoms with Crippen LogP contribution < -0.4 is 0 Å². The molecule has 4 nitrogen and oxygen atoms in total. The smallest absolute Gasteiger partial charge is 0.155 e. The molecule has 5 aromatic rings. The predicted molar refractivity (Wildman–Crippen MR) is 134 cm³/mol. The first-order chi connectivity index (χ1) is 16.0. The number of carbonyl (C=O) groups is 1. The third kappa shape index (κ3) is 5.82. The zero-order valence-corrected chi connectivity index (χ0v) is 21.2. The second-order valence-corrected chi connectivity index (χ2v) is 7.63. The van der Waals surface area contributed by atoms with Crippen molar-refractivity contribution < 1.29 is 30.0 Å². The van der Waals surface area contributed by atoms with Gasteiger partial charge in [-0.1, -0.05) is 54.6 Å². The van der Waals surface area contributed by atoms with Gasteiger partial charge in [0.05, 0.1) is 17.1 Å². The average molecular weight is 624 g/mol. The number of hydrogen-bond donors (Lipinski definition) is 1. The fourth-order valence-corrected chi connectivity index (χ4v) is 3.69. The van der Waals surface area contributed by atoms with E-state index in [1.165, 1.54) is 41.8 Å². The summed E-state index contributed by atoms with van der Waals surface area (Å²) in [7, 11) is 0. The van der Waals surface area contributed by atoms with Crippen molar-refractivity contribution in [3.05, 3.63) is 109 Å². The topological polar surface area (TPSA) is 63.1 Å². The van der Waals surface area contributed by atoms with E-state index < -0.39 is 0 Å². The van der Waals surface area contributed by atoms with Crippen LogP contribution in [0.3, 0.4) is 0 Å². The molecular formula is C29H23IrN2O2-. The first-order valence-corrected chi connectivity index (χ1v) is 10.6. The van der Waals surface area contributed by atoms with E-state index in [4.69, 9.17) is 10.1 Å². The average Bonchev–Trinajstić information content (AvgIpc) is 2.84. The Kier molecular flexibility index (Phi) is 8.42. The first kappa shape index (κ1) is 25.0. The number of hydrogen-bond acceptors (Lipinski definition) is 4.